The Morgan fingerprint density at radius 2 is 2.13 bits per heavy atom. The van der Waals surface area contributed by atoms with Gasteiger partial charge in [0.2, 0.25) is 5.91 Å². The summed E-state index contributed by atoms with van der Waals surface area (Å²) >= 11 is 1.41. The highest BCUT2D eigenvalue weighted by atomic mass is 32.1. The van der Waals surface area contributed by atoms with Crippen molar-refractivity contribution in [3.63, 3.8) is 0 Å². The van der Waals surface area contributed by atoms with Crippen LogP contribution in [0.25, 0.3) is 0 Å². The third kappa shape index (κ3) is 4.78. The molecule has 1 aromatic heterocycles. The fraction of sp³-hybridized carbons (Fsp3) is 0.647. The van der Waals surface area contributed by atoms with Gasteiger partial charge in [-0.05, 0) is 42.5 Å². The quantitative estimate of drug-likeness (QED) is 0.749. The molecule has 0 radical (unpaired) electrons. The number of amides is 2. The highest BCUT2D eigenvalue weighted by Crippen LogP contribution is 2.34. The van der Waals surface area contributed by atoms with Crippen LogP contribution in [-0.4, -0.2) is 48.1 Å². The molecule has 2 heterocycles. The minimum absolute atomic E-state index is 0.00542. The van der Waals surface area contributed by atoms with Gasteiger partial charge in [-0.3, -0.25) is 9.59 Å². The van der Waals surface area contributed by atoms with Crippen LogP contribution in [0.2, 0.25) is 0 Å². The fourth-order valence-corrected chi connectivity index (χ4v) is 3.59. The van der Waals surface area contributed by atoms with E-state index in [4.69, 9.17) is 0 Å². The van der Waals surface area contributed by atoms with Gasteiger partial charge in [-0.25, -0.2) is 0 Å². The van der Waals surface area contributed by atoms with Gasteiger partial charge in [-0.15, -0.1) is 11.3 Å². The summed E-state index contributed by atoms with van der Waals surface area (Å²) in [5.74, 6) is 0.0825. The summed E-state index contributed by atoms with van der Waals surface area (Å²) < 4.78 is 0. The summed E-state index contributed by atoms with van der Waals surface area (Å²) in [6.07, 6.45) is 3.83. The van der Waals surface area contributed by atoms with Crippen LogP contribution >= 0.6 is 11.3 Å². The molecule has 23 heavy (non-hydrogen) atoms. The average molecular weight is 338 g/mol. The topological polar surface area (TPSA) is 69.6 Å². The summed E-state index contributed by atoms with van der Waals surface area (Å²) in [5, 5.41) is 14.2. The average Bonchev–Trinajstić information content (AvgIpc) is 3.13. The van der Waals surface area contributed by atoms with E-state index in [0.29, 0.717) is 24.3 Å². The maximum absolute atomic E-state index is 12.2. The van der Waals surface area contributed by atoms with E-state index < -0.39 is 0 Å². The summed E-state index contributed by atoms with van der Waals surface area (Å²) in [4.78, 5) is 26.6. The Hall–Kier alpha value is -1.40. The number of rotatable bonds is 7. The number of hydrogen-bond acceptors (Lipinski definition) is 4. The van der Waals surface area contributed by atoms with Crippen LogP contribution in [0.5, 0.6) is 0 Å². The molecule has 1 saturated heterocycles. The highest BCUT2D eigenvalue weighted by molar-refractivity contribution is 7.12. The van der Waals surface area contributed by atoms with E-state index in [1.807, 2.05) is 16.3 Å². The van der Waals surface area contributed by atoms with Gasteiger partial charge < -0.3 is 15.3 Å². The summed E-state index contributed by atoms with van der Waals surface area (Å²) in [6.45, 7) is 4.29. The molecule has 1 aliphatic rings. The molecule has 2 N–H and O–H groups in total. The Balaban J connectivity index is 1.65. The summed E-state index contributed by atoms with van der Waals surface area (Å²) in [5.41, 5.74) is 0.00542. The fourth-order valence-electron chi connectivity index (χ4n) is 2.95. The normalized spacial score (nSPS) is 17.0. The Bertz CT molecular complexity index is 502. The molecule has 2 rings (SSSR count). The molecule has 2 amide bonds. The van der Waals surface area contributed by atoms with Crippen molar-refractivity contribution < 1.29 is 14.7 Å². The molecule has 1 aromatic rings. The lowest BCUT2D eigenvalue weighted by molar-refractivity contribution is -0.134. The maximum atomic E-state index is 12.2. The predicted octanol–water partition coefficient (Wildman–Crippen LogP) is 2.27. The SMILES string of the molecule is CCC1(CO)CCN(C(=O)CCCNC(=O)c2cccs2)CC1. The van der Waals surface area contributed by atoms with Crippen molar-refractivity contribution in [2.75, 3.05) is 26.2 Å². The van der Waals surface area contributed by atoms with Crippen LogP contribution < -0.4 is 5.32 Å². The van der Waals surface area contributed by atoms with E-state index in [1.54, 1.807) is 6.07 Å². The first-order valence-electron chi connectivity index (χ1n) is 8.30. The van der Waals surface area contributed by atoms with Crippen molar-refractivity contribution in [1.29, 1.82) is 0 Å². The number of likely N-dealkylation sites (tertiary alicyclic amines) is 1. The van der Waals surface area contributed by atoms with E-state index in [1.165, 1.54) is 11.3 Å². The molecule has 0 unspecified atom stereocenters. The minimum atomic E-state index is -0.0684. The third-order valence-corrected chi connectivity index (χ3v) is 5.73. The van der Waals surface area contributed by atoms with Crippen LogP contribution in [0, 0.1) is 5.41 Å². The van der Waals surface area contributed by atoms with Gasteiger partial charge >= 0.3 is 0 Å². The largest absolute Gasteiger partial charge is 0.396 e. The smallest absolute Gasteiger partial charge is 0.261 e. The third-order valence-electron chi connectivity index (χ3n) is 4.86. The number of carbonyl (C=O) groups excluding carboxylic acids is 2. The van der Waals surface area contributed by atoms with Crippen molar-refractivity contribution in [3.8, 4) is 0 Å². The number of aliphatic hydroxyl groups is 1. The molecule has 1 fully saturated rings. The van der Waals surface area contributed by atoms with Crippen molar-refractivity contribution in [2.45, 2.75) is 39.0 Å². The zero-order chi connectivity index (χ0) is 16.7. The van der Waals surface area contributed by atoms with Gasteiger partial charge in [0.15, 0.2) is 0 Å². The zero-order valence-electron chi connectivity index (χ0n) is 13.7. The first kappa shape index (κ1) is 17.9. The highest BCUT2D eigenvalue weighted by Gasteiger charge is 2.33. The lowest BCUT2D eigenvalue weighted by Gasteiger charge is -2.40. The number of nitrogens with one attached hydrogen (secondary N) is 1. The van der Waals surface area contributed by atoms with Crippen molar-refractivity contribution in [3.05, 3.63) is 22.4 Å². The first-order chi connectivity index (χ1) is 11.1. The van der Waals surface area contributed by atoms with Crippen LogP contribution in [0.4, 0.5) is 0 Å². The van der Waals surface area contributed by atoms with E-state index >= 15 is 0 Å². The summed E-state index contributed by atoms with van der Waals surface area (Å²) in [7, 11) is 0. The zero-order valence-corrected chi connectivity index (χ0v) is 14.5. The van der Waals surface area contributed by atoms with Gasteiger partial charge in [0.25, 0.3) is 5.91 Å². The first-order valence-corrected chi connectivity index (χ1v) is 9.18. The Morgan fingerprint density at radius 1 is 1.39 bits per heavy atom. The van der Waals surface area contributed by atoms with Crippen LogP contribution in [0.3, 0.4) is 0 Å². The van der Waals surface area contributed by atoms with Crippen LogP contribution in [-0.2, 0) is 4.79 Å². The maximum Gasteiger partial charge on any atom is 0.261 e. The van der Waals surface area contributed by atoms with Gasteiger partial charge in [-0.2, -0.15) is 0 Å². The molecule has 6 heteroatoms. The Morgan fingerprint density at radius 3 is 2.70 bits per heavy atom. The molecule has 0 saturated carbocycles. The number of aliphatic hydroxyl groups excluding tert-OH is 1. The molecule has 0 bridgehead atoms. The number of carbonyl (C=O) groups is 2. The second-order valence-corrected chi connectivity index (χ2v) is 7.18. The molecule has 0 atom stereocenters. The van der Waals surface area contributed by atoms with Gasteiger partial charge in [-0.1, -0.05) is 13.0 Å². The molecular formula is C17H26N2O3S. The second-order valence-electron chi connectivity index (χ2n) is 6.23. The monoisotopic (exact) mass is 338 g/mol. The number of piperidine rings is 1. The van der Waals surface area contributed by atoms with Crippen LogP contribution in [0.15, 0.2) is 17.5 Å². The molecule has 128 valence electrons. The van der Waals surface area contributed by atoms with Crippen molar-refractivity contribution in [2.24, 2.45) is 5.41 Å². The number of thiophene rings is 1. The number of nitrogens with zero attached hydrogens (tertiary/aromatic N) is 1. The molecule has 0 spiro atoms. The van der Waals surface area contributed by atoms with Crippen molar-refractivity contribution >= 4 is 23.2 Å². The van der Waals surface area contributed by atoms with Gasteiger partial charge in [0, 0.05) is 32.7 Å². The lowest BCUT2D eigenvalue weighted by Crippen LogP contribution is -2.44. The molecule has 1 aliphatic heterocycles. The summed E-state index contributed by atoms with van der Waals surface area (Å²) in [6, 6.07) is 3.64. The van der Waals surface area contributed by atoms with Crippen molar-refractivity contribution in [1.82, 2.24) is 10.2 Å². The van der Waals surface area contributed by atoms with E-state index in [2.05, 4.69) is 12.2 Å². The van der Waals surface area contributed by atoms with E-state index in [9.17, 15) is 14.7 Å². The Labute approximate surface area is 141 Å². The minimum Gasteiger partial charge on any atom is -0.396 e. The van der Waals surface area contributed by atoms with E-state index in [-0.39, 0.29) is 23.8 Å². The predicted molar refractivity (Wildman–Crippen MR) is 91.5 cm³/mol. The lowest BCUT2D eigenvalue weighted by atomic mass is 9.77. The standard InChI is InChI=1S/C17H26N2O3S/c1-2-17(13-20)7-10-19(11-8-17)15(21)6-3-9-18-16(22)14-5-4-12-23-14/h4-5,12,20H,2-3,6-11,13H2,1H3,(H,18,22). The molecule has 5 nitrogen and oxygen atoms in total. The van der Waals surface area contributed by atoms with Gasteiger partial charge in [0.05, 0.1) is 4.88 Å². The number of hydrogen-bond donors (Lipinski definition) is 2. The van der Waals surface area contributed by atoms with Crippen LogP contribution in [0.1, 0.15) is 48.7 Å². The van der Waals surface area contributed by atoms with Gasteiger partial charge in [0.1, 0.15) is 0 Å². The van der Waals surface area contributed by atoms with E-state index in [0.717, 1.165) is 32.4 Å². The molecular weight excluding hydrogens is 312 g/mol. The molecule has 0 aliphatic carbocycles. The Kier molecular flexibility index (Phi) is 6.59. The molecule has 0 aromatic carbocycles. The second kappa shape index (κ2) is 8.45.